The van der Waals surface area contributed by atoms with Gasteiger partial charge in [-0.25, -0.2) is 4.98 Å². The summed E-state index contributed by atoms with van der Waals surface area (Å²) in [6.45, 7) is 5.24. The molecule has 1 aromatic heterocycles. The van der Waals surface area contributed by atoms with E-state index in [0.717, 1.165) is 40.8 Å². The van der Waals surface area contributed by atoms with Crippen molar-refractivity contribution in [3.8, 4) is 0 Å². The van der Waals surface area contributed by atoms with Crippen LogP contribution in [0.1, 0.15) is 13.3 Å². The zero-order chi connectivity index (χ0) is 12.8. The molecule has 0 saturated carbocycles. The van der Waals surface area contributed by atoms with Crippen LogP contribution in [-0.4, -0.2) is 43.6 Å². The predicted molar refractivity (Wildman–Crippen MR) is 80.7 cm³/mol. The zero-order valence-electron chi connectivity index (χ0n) is 10.6. The van der Waals surface area contributed by atoms with Crippen LogP contribution >= 0.6 is 31.9 Å². The number of aromatic nitrogens is 1. The molecule has 0 bridgehead atoms. The van der Waals surface area contributed by atoms with Crippen molar-refractivity contribution >= 4 is 37.7 Å². The van der Waals surface area contributed by atoms with Crippen LogP contribution in [-0.2, 0) is 0 Å². The van der Waals surface area contributed by atoms with Gasteiger partial charge in [-0.2, -0.15) is 0 Å². The topological polar surface area (TPSA) is 19.4 Å². The van der Waals surface area contributed by atoms with E-state index in [-0.39, 0.29) is 0 Å². The highest BCUT2D eigenvalue weighted by atomic mass is 79.9. The molecule has 1 heterocycles. The second-order valence-electron chi connectivity index (χ2n) is 4.25. The fourth-order valence-electron chi connectivity index (χ4n) is 1.55. The molecule has 3 nitrogen and oxygen atoms in total. The van der Waals surface area contributed by atoms with Crippen LogP contribution < -0.4 is 4.90 Å². The van der Waals surface area contributed by atoms with Crippen LogP contribution in [0.2, 0.25) is 0 Å². The lowest BCUT2D eigenvalue weighted by Crippen LogP contribution is -2.33. The lowest BCUT2D eigenvalue weighted by atomic mass is 10.3. The minimum absolute atomic E-state index is 0.994. The fourth-order valence-corrected chi connectivity index (χ4v) is 2.79. The van der Waals surface area contributed by atoms with Crippen molar-refractivity contribution in [2.24, 2.45) is 0 Å². The lowest BCUT2D eigenvalue weighted by molar-refractivity contribution is 0.412. The molecular weight excluding hydrogens is 346 g/mol. The minimum atomic E-state index is 0.994. The van der Waals surface area contributed by atoms with E-state index >= 15 is 0 Å². The molecule has 0 aliphatic carbocycles. The third-order valence-electron chi connectivity index (χ3n) is 2.40. The highest BCUT2D eigenvalue weighted by molar-refractivity contribution is 9.11. The van der Waals surface area contributed by atoms with E-state index in [0.29, 0.717) is 0 Å². The molecule has 0 saturated heterocycles. The molecule has 0 atom stereocenters. The van der Waals surface area contributed by atoms with Gasteiger partial charge in [-0.3, -0.25) is 0 Å². The van der Waals surface area contributed by atoms with Crippen molar-refractivity contribution in [1.82, 2.24) is 9.88 Å². The molecule has 0 aromatic carbocycles. The Bertz CT molecular complexity index is 356. The van der Waals surface area contributed by atoms with Crippen molar-refractivity contribution in [1.29, 1.82) is 0 Å². The summed E-state index contributed by atoms with van der Waals surface area (Å²) in [5.74, 6) is 1.02. The number of anilines is 1. The summed E-state index contributed by atoms with van der Waals surface area (Å²) < 4.78 is 2.04. The van der Waals surface area contributed by atoms with Crippen LogP contribution in [0.4, 0.5) is 5.82 Å². The van der Waals surface area contributed by atoms with E-state index in [9.17, 15) is 0 Å². The van der Waals surface area contributed by atoms with E-state index in [1.54, 1.807) is 0 Å². The molecule has 0 amide bonds. The van der Waals surface area contributed by atoms with Gasteiger partial charge in [0.15, 0.2) is 0 Å². The highest BCUT2D eigenvalue weighted by Gasteiger charge is 2.11. The van der Waals surface area contributed by atoms with E-state index in [4.69, 9.17) is 0 Å². The van der Waals surface area contributed by atoms with E-state index in [1.807, 2.05) is 12.3 Å². The quantitative estimate of drug-likeness (QED) is 0.771. The number of nitrogens with zero attached hydrogens (tertiary/aromatic N) is 3. The molecular formula is C12H19Br2N3. The number of halogens is 2. The van der Waals surface area contributed by atoms with E-state index < -0.39 is 0 Å². The maximum atomic E-state index is 4.49. The van der Waals surface area contributed by atoms with Gasteiger partial charge in [-0.15, -0.1) is 0 Å². The predicted octanol–water partition coefficient (Wildman–Crippen LogP) is 3.38. The van der Waals surface area contributed by atoms with E-state index in [1.165, 1.54) is 0 Å². The summed E-state index contributed by atoms with van der Waals surface area (Å²) >= 11 is 7.00. The monoisotopic (exact) mass is 363 g/mol. The molecule has 0 spiro atoms. The Morgan fingerprint density at radius 2 is 1.88 bits per heavy atom. The van der Waals surface area contributed by atoms with Crippen molar-refractivity contribution in [3.05, 3.63) is 21.2 Å². The molecule has 0 fully saturated rings. The van der Waals surface area contributed by atoms with Gasteiger partial charge < -0.3 is 9.80 Å². The largest absolute Gasteiger partial charge is 0.354 e. The molecule has 1 aromatic rings. The maximum absolute atomic E-state index is 4.49. The highest BCUT2D eigenvalue weighted by Crippen LogP contribution is 2.26. The van der Waals surface area contributed by atoms with Gasteiger partial charge in [-0.05, 0) is 58.4 Å². The molecule has 0 radical (unpaired) electrons. The lowest BCUT2D eigenvalue weighted by Gasteiger charge is -2.25. The molecule has 96 valence electrons. The second-order valence-corrected chi connectivity index (χ2v) is 6.02. The third-order valence-corrected chi connectivity index (χ3v) is 3.42. The average molecular weight is 365 g/mol. The fraction of sp³-hybridized carbons (Fsp3) is 0.583. The summed E-state index contributed by atoms with van der Waals surface area (Å²) in [6.07, 6.45) is 2.97. The van der Waals surface area contributed by atoms with Gasteiger partial charge in [0.1, 0.15) is 5.82 Å². The zero-order valence-corrected chi connectivity index (χ0v) is 13.8. The Labute approximate surface area is 120 Å². The molecule has 5 heteroatoms. The van der Waals surface area contributed by atoms with Crippen LogP contribution in [0, 0.1) is 0 Å². The summed E-state index contributed by atoms with van der Waals surface area (Å²) in [5.41, 5.74) is 0. The van der Waals surface area contributed by atoms with Crippen LogP contribution in [0.15, 0.2) is 21.2 Å². The van der Waals surface area contributed by atoms with Gasteiger partial charge in [0.2, 0.25) is 0 Å². The third kappa shape index (κ3) is 4.94. The first-order chi connectivity index (χ1) is 8.04. The number of likely N-dealkylation sites (N-methyl/N-ethyl adjacent to an activating group) is 1. The summed E-state index contributed by atoms with van der Waals surface area (Å²) in [7, 11) is 4.18. The van der Waals surface area contributed by atoms with Crippen LogP contribution in [0.25, 0.3) is 0 Å². The van der Waals surface area contributed by atoms with Crippen molar-refractivity contribution in [2.75, 3.05) is 38.6 Å². The van der Waals surface area contributed by atoms with Crippen LogP contribution in [0.3, 0.4) is 0 Å². The normalized spacial score (nSPS) is 10.9. The number of hydrogen-bond donors (Lipinski definition) is 0. The van der Waals surface area contributed by atoms with Gasteiger partial charge in [0.25, 0.3) is 0 Å². The van der Waals surface area contributed by atoms with Gasteiger partial charge in [0.05, 0.1) is 4.47 Å². The molecule has 1 rings (SSSR count). The minimum Gasteiger partial charge on any atom is -0.354 e. The smallest absolute Gasteiger partial charge is 0.142 e. The van der Waals surface area contributed by atoms with Crippen LogP contribution in [0.5, 0.6) is 0 Å². The summed E-state index contributed by atoms with van der Waals surface area (Å²) in [5, 5.41) is 0. The standard InChI is InChI=1S/C12H19Br2N3/c1-4-5-17(7-6-16(2)3)12-11(14)8-10(13)9-15-12/h8-9H,4-7H2,1-3H3. The van der Waals surface area contributed by atoms with Gasteiger partial charge in [0, 0.05) is 30.3 Å². The molecule has 17 heavy (non-hydrogen) atoms. The Hall–Kier alpha value is -0.130. The molecule has 0 aliphatic rings. The Kier molecular flexibility index (Phi) is 6.44. The second kappa shape index (κ2) is 7.34. The first kappa shape index (κ1) is 14.9. The van der Waals surface area contributed by atoms with Crippen molar-refractivity contribution in [2.45, 2.75) is 13.3 Å². The summed E-state index contributed by atoms with van der Waals surface area (Å²) in [4.78, 5) is 8.99. The first-order valence-electron chi connectivity index (χ1n) is 5.75. The van der Waals surface area contributed by atoms with Crippen molar-refractivity contribution in [3.63, 3.8) is 0 Å². The Morgan fingerprint density at radius 1 is 1.18 bits per heavy atom. The van der Waals surface area contributed by atoms with Crippen molar-refractivity contribution < 1.29 is 0 Å². The van der Waals surface area contributed by atoms with E-state index in [2.05, 4.69) is 67.7 Å². The number of pyridine rings is 1. The Balaban J connectivity index is 2.81. The molecule has 0 unspecified atom stereocenters. The first-order valence-corrected chi connectivity index (χ1v) is 7.34. The summed E-state index contributed by atoms with van der Waals surface area (Å²) in [6, 6.07) is 2.04. The number of rotatable bonds is 6. The number of hydrogen-bond acceptors (Lipinski definition) is 3. The Morgan fingerprint density at radius 3 is 2.41 bits per heavy atom. The maximum Gasteiger partial charge on any atom is 0.142 e. The molecule has 0 N–H and O–H groups in total. The SMILES string of the molecule is CCCN(CCN(C)C)c1ncc(Br)cc1Br. The molecule has 0 aliphatic heterocycles. The van der Waals surface area contributed by atoms with Gasteiger partial charge >= 0.3 is 0 Å². The average Bonchev–Trinajstić information content (AvgIpc) is 2.24. The van der Waals surface area contributed by atoms with Gasteiger partial charge in [-0.1, -0.05) is 6.92 Å².